The fraction of sp³-hybridized carbons (Fsp3) is 0.158. The standard InChI is InChI=1S/C19H20N6O4S/c1-14(26)22-15-6-8-18(9-7-15)30(28,29)24(2)11-19(27)23-16-4-3-5-17(10-16)25-12-20-21-13-25/h3-10,12-13H,11H2,1-2H3,(H,22,26)(H,23,27). The molecule has 0 saturated heterocycles. The number of aromatic nitrogens is 3. The number of anilines is 2. The molecule has 3 aromatic rings. The summed E-state index contributed by atoms with van der Waals surface area (Å²) in [5, 5.41) is 12.7. The van der Waals surface area contributed by atoms with Crippen molar-refractivity contribution in [3.8, 4) is 5.69 Å². The quantitative estimate of drug-likeness (QED) is 0.587. The lowest BCUT2D eigenvalue weighted by Crippen LogP contribution is -2.35. The van der Waals surface area contributed by atoms with Crippen LogP contribution in [0.2, 0.25) is 0 Å². The number of sulfonamides is 1. The Morgan fingerprint density at radius 2 is 1.67 bits per heavy atom. The molecule has 1 aromatic heterocycles. The van der Waals surface area contributed by atoms with Crippen molar-refractivity contribution < 1.29 is 18.0 Å². The van der Waals surface area contributed by atoms with E-state index in [1.165, 1.54) is 50.9 Å². The van der Waals surface area contributed by atoms with E-state index in [1.807, 2.05) is 6.07 Å². The normalized spacial score (nSPS) is 11.3. The van der Waals surface area contributed by atoms with E-state index in [2.05, 4.69) is 20.8 Å². The summed E-state index contributed by atoms with van der Waals surface area (Å²) in [7, 11) is -2.55. The lowest BCUT2D eigenvalue weighted by Gasteiger charge is -2.17. The molecule has 0 aliphatic carbocycles. The predicted octanol–water partition coefficient (Wildman–Crippen LogP) is 1.48. The summed E-state index contributed by atoms with van der Waals surface area (Å²) in [4.78, 5) is 23.5. The maximum atomic E-state index is 12.7. The average molecular weight is 428 g/mol. The fourth-order valence-electron chi connectivity index (χ4n) is 2.66. The largest absolute Gasteiger partial charge is 0.326 e. The van der Waals surface area contributed by atoms with Crippen molar-refractivity contribution in [2.45, 2.75) is 11.8 Å². The molecule has 0 aliphatic rings. The van der Waals surface area contributed by atoms with Crippen LogP contribution in [0.25, 0.3) is 5.69 Å². The smallest absolute Gasteiger partial charge is 0.243 e. The number of amides is 2. The Balaban J connectivity index is 1.66. The minimum Gasteiger partial charge on any atom is -0.326 e. The third-order valence-electron chi connectivity index (χ3n) is 4.10. The van der Waals surface area contributed by atoms with E-state index in [9.17, 15) is 18.0 Å². The monoisotopic (exact) mass is 428 g/mol. The lowest BCUT2D eigenvalue weighted by molar-refractivity contribution is -0.116. The molecule has 156 valence electrons. The van der Waals surface area contributed by atoms with Crippen LogP contribution in [0.5, 0.6) is 0 Å². The van der Waals surface area contributed by atoms with Gasteiger partial charge in [-0.3, -0.25) is 14.2 Å². The first-order valence-electron chi connectivity index (χ1n) is 8.84. The van der Waals surface area contributed by atoms with Crippen molar-refractivity contribution >= 4 is 33.2 Å². The van der Waals surface area contributed by atoms with Gasteiger partial charge in [0.25, 0.3) is 0 Å². The Labute approximate surface area is 173 Å². The minimum atomic E-state index is -3.88. The zero-order valence-electron chi connectivity index (χ0n) is 16.3. The Bertz CT molecular complexity index is 1140. The molecule has 0 bridgehead atoms. The van der Waals surface area contributed by atoms with E-state index in [0.717, 1.165) is 9.99 Å². The summed E-state index contributed by atoms with van der Waals surface area (Å²) < 4.78 is 28.0. The van der Waals surface area contributed by atoms with Crippen molar-refractivity contribution in [3.05, 3.63) is 61.2 Å². The average Bonchev–Trinajstić information content (AvgIpc) is 3.23. The highest BCUT2D eigenvalue weighted by atomic mass is 32.2. The third-order valence-corrected chi connectivity index (χ3v) is 5.91. The molecular formula is C19H20N6O4S. The van der Waals surface area contributed by atoms with Crippen molar-refractivity contribution in [2.24, 2.45) is 0 Å². The zero-order chi connectivity index (χ0) is 21.7. The van der Waals surface area contributed by atoms with E-state index in [4.69, 9.17) is 0 Å². The maximum absolute atomic E-state index is 12.7. The van der Waals surface area contributed by atoms with Crippen LogP contribution >= 0.6 is 0 Å². The molecule has 0 aliphatic heterocycles. The van der Waals surface area contributed by atoms with Gasteiger partial charge in [-0.1, -0.05) is 6.07 Å². The van der Waals surface area contributed by atoms with Gasteiger partial charge in [-0.05, 0) is 42.5 Å². The molecule has 2 aromatic carbocycles. The van der Waals surface area contributed by atoms with E-state index >= 15 is 0 Å². The zero-order valence-corrected chi connectivity index (χ0v) is 17.1. The van der Waals surface area contributed by atoms with Crippen LogP contribution in [-0.2, 0) is 19.6 Å². The van der Waals surface area contributed by atoms with Crippen molar-refractivity contribution in [2.75, 3.05) is 24.2 Å². The number of likely N-dealkylation sites (N-methyl/N-ethyl adjacent to an activating group) is 1. The molecule has 2 N–H and O–H groups in total. The molecule has 0 atom stereocenters. The number of nitrogens with one attached hydrogen (secondary N) is 2. The van der Waals surface area contributed by atoms with Gasteiger partial charge in [-0.15, -0.1) is 10.2 Å². The van der Waals surface area contributed by atoms with E-state index in [1.54, 1.807) is 22.8 Å². The molecule has 3 rings (SSSR count). The maximum Gasteiger partial charge on any atom is 0.243 e. The van der Waals surface area contributed by atoms with Crippen LogP contribution in [0.1, 0.15) is 6.92 Å². The Kier molecular flexibility index (Phi) is 6.23. The van der Waals surface area contributed by atoms with Crippen LogP contribution in [0.3, 0.4) is 0 Å². The lowest BCUT2D eigenvalue weighted by atomic mass is 10.2. The predicted molar refractivity (Wildman–Crippen MR) is 111 cm³/mol. The first-order chi connectivity index (χ1) is 14.3. The van der Waals surface area contributed by atoms with Crippen molar-refractivity contribution in [1.29, 1.82) is 0 Å². The summed E-state index contributed by atoms with van der Waals surface area (Å²) in [6, 6.07) is 12.7. The highest BCUT2D eigenvalue weighted by Gasteiger charge is 2.23. The second kappa shape index (κ2) is 8.84. The van der Waals surface area contributed by atoms with Crippen LogP contribution in [0.15, 0.2) is 66.1 Å². The molecule has 1 heterocycles. The van der Waals surface area contributed by atoms with Gasteiger partial charge in [0, 0.05) is 25.3 Å². The first-order valence-corrected chi connectivity index (χ1v) is 10.3. The van der Waals surface area contributed by atoms with E-state index in [0.29, 0.717) is 11.4 Å². The van der Waals surface area contributed by atoms with Gasteiger partial charge in [-0.2, -0.15) is 4.31 Å². The summed E-state index contributed by atoms with van der Waals surface area (Å²) in [5.41, 5.74) is 1.74. The molecule has 0 unspecified atom stereocenters. The molecule has 0 saturated carbocycles. The summed E-state index contributed by atoms with van der Waals surface area (Å²) >= 11 is 0. The van der Waals surface area contributed by atoms with Crippen molar-refractivity contribution in [1.82, 2.24) is 19.1 Å². The number of carbonyl (C=O) groups excluding carboxylic acids is 2. The van der Waals surface area contributed by atoms with Gasteiger partial charge in [0.15, 0.2) is 0 Å². The minimum absolute atomic E-state index is 0.0153. The van der Waals surface area contributed by atoms with Gasteiger partial charge in [0.1, 0.15) is 12.7 Å². The summed E-state index contributed by atoms with van der Waals surface area (Å²) in [6.07, 6.45) is 3.05. The molecule has 30 heavy (non-hydrogen) atoms. The Morgan fingerprint density at radius 1 is 1.00 bits per heavy atom. The second-order valence-corrected chi connectivity index (χ2v) is 8.48. The Morgan fingerprint density at radius 3 is 2.30 bits per heavy atom. The molecule has 0 fully saturated rings. The fourth-order valence-corrected chi connectivity index (χ4v) is 3.79. The van der Waals surface area contributed by atoms with Crippen LogP contribution in [-0.4, -0.2) is 52.9 Å². The van der Waals surface area contributed by atoms with Gasteiger partial charge >= 0.3 is 0 Å². The van der Waals surface area contributed by atoms with Gasteiger partial charge in [0.2, 0.25) is 21.8 Å². The summed E-state index contributed by atoms with van der Waals surface area (Å²) in [6.45, 7) is 0.992. The van der Waals surface area contributed by atoms with E-state index in [-0.39, 0.29) is 17.3 Å². The molecule has 0 radical (unpaired) electrons. The topological polar surface area (TPSA) is 126 Å². The van der Waals surface area contributed by atoms with Crippen LogP contribution in [0, 0.1) is 0 Å². The molecule has 10 nitrogen and oxygen atoms in total. The number of hydrogen-bond acceptors (Lipinski definition) is 6. The highest BCUT2D eigenvalue weighted by molar-refractivity contribution is 7.89. The third kappa shape index (κ3) is 5.07. The van der Waals surface area contributed by atoms with E-state index < -0.39 is 15.9 Å². The molecule has 0 spiro atoms. The Hall–Kier alpha value is -3.57. The second-order valence-electron chi connectivity index (χ2n) is 6.43. The number of nitrogens with zero attached hydrogens (tertiary/aromatic N) is 4. The summed E-state index contributed by atoms with van der Waals surface area (Å²) in [5.74, 6) is -0.746. The number of carbonyl (C=O) groups is 2. The SMILES string of the molecule is CC(=O)Nc1ccc(S(=O)(=O)N(C)CC(=O)Nc2cccc(-n3cnnc3)c2)cc1. The van der Waals surface area contributed by atoms with Crippen LogP contribution < -0.4 is 10.6 Å². The van der Waals surface area contributed by atoms with Crippen LogP contribution in [0.4, 0.5) is 11.4 Å². The van der Waals surface area contributed by atoms with Gasteiger partial charge in [-0.25, -0.2) is 8.42 Å². The number of rotatable bonds is 7. The number of benzene rings is 2. The van der Waals surface area contributed by atoms with Gasteiger partial charge < -0.3 is 10.6 Å². The van der Waals surface area contributed by atoms with Gasteiger partial charge in [0.05, 0.1) is 17.1 Å². The number of hydrogen-bond donors (Lipinski definition) is 2. The first kappa shape index (κ1) is 21.1. The van der Waals surface area contributed by atoms with Crippen molar-refractivity contribution in [3.63, 3.8) is 0 Å². The highest BCUT2D eigenvalue weighted by Crippen LogP contribution is 2.18. The molecule has 2 amide bonds. The molecular weight excluding hydrogens is 408 g/mol. The molecule has 11 heteroatoms.